The molecule has 2 rings (SSSR count). The van der Waals surface area contributed by atoms with E-state index in [1.807, 2.05) is 24.3 Å². The van der Waals surface area contributed by atoms with Crippen LogP contribution in [0.5, 0.6) is 0 Å². The molecule has 0 aromatic heterocycles. The van der Waals surface area contributed by atoms with Crippen molar-refractivity contribution in [3.63, 3.8) is 0 Å². The summed E-state index contributed by atoms with van der Waals surface area (Å²) in [4.78, 5) is 11.7. The summed E-state index contributed by atoms with van der Waals surface area (Å²) in [5.41, 5.74) is 10.0. The minimum atomic E-state index is -0.272. The molecule has 5 heteroatoms. The van der Waals surface area contributed by atoms with Gasteiger partial charge in [-0.1, -0.05) is 28.1 Å². The van der Waals surface area contributed by atoms with Crippen LogP contribution in [0.3, 0.4) is 0 Å². The molecule has 4 nitrogen and oxygen atoms in total. The van der Waals surface area contributed by atoms with Crippen molar-refractivity contribution in [3.05, 3.63) is 64.1 Å². The Morgan fingerprint density at radius 1 is 1.21 bits per heavy atom. The minimum absolute atomic E-state index is 0.272. The van der Waals surface area contributed by atoms with Crippen LogP contribution in [0.1, 0.15) is 15.9 Å². The van der Waals surface area contributed by atoms with Crippen LogP contribution in [0.15, 0.2) is 58.1 Å². The summed E-state index contributed by atoms with van der Waals surface area (Å²) < 4.78 is 0.960. The Kier molecular flexibility index (Phi) is 4.30. The summed E-state index contributed by atoms with van der Waals surface area (Å²) in [5.74, 6) is -0.272. The average molecular weight is 318 g/mol. The van der Waals surface area contributed by atoms with Gasteiger partial charge in [-0.3, -0.25) is 4.79 Å². The van der Waals surface area contributed by atoms with E-state index in [2.05, 4.69) is 26.5 Å². The molecule has 0 fully saturated rings. The van der Waals surface area contributed by atoms with Crippen LogP contribution in [-0.2, 0) is 0 Å². The Balaban J connectivity index is 1.98. The summed E-state index contributed by atoms with van der Waals surface area (Å²) >= 11 is 3.37. The van der Waals surface area contributed by atoms with E-state index < -0.39 is 0 Å². The molecule has 0 unspecified atom stereocenters. The van der Waals surface area contributed by atoms with E-state index in [4.69, 9.17) is 5.73 Å². The number of halogens is 1. The van der Waals surface area contributed by atoms with E-state index in [-0.39, 0.29) is 5.91 Å². The number of hydrogen-bond donors (Lipinski definition) is 2. The van der Waals surface area contributed by atoms with E-state index in [1.165, 1.54) is 0 Å². The first-order valence-electron chi connectivity index (χ1n) is 5.59. The van der Waals surface area contributed by atoms with Crippen LogP contribution in [-0.4, -0.2) is 12.1 Å². The quantitative estimate of drug-likeness (QED) is 0.519. The fraction of sp³-hybridized carbons (Fsp3) is 0. The summed E-state index contributed by atoms with van der Waals surface area (Å²) in [6.45, 7) is 0. The molecule has 0 spiro atoms. The maximum atomic E-state index is 11.7. The Labute approximate surface area is 119 Å². The minimum Gasteiger partial charge on any atom is -0.399 e. The fourth-order valence-corrected chi connectivity index (χ4v) is 1.87. The highest BCUT2D eigenvalue weighted by Crippen LogP contribution is 2.10. The van der Waals surface area contributed by atoms with Crippen molar-refractivity contribution in [3.8, 4) is 0 Å². The van der Waals surface area contributed by atoms with Crippen molar-refractivity contribution in [2.24, 2.45) is 5.10 Å². The molecule has 0 saturated heterocycles. The van der Waals surface area contributed by atoms with E-state index in [0.717, 1.165) is 10.0 Å². The summed E-state index contributed by atoms with van der Waals surface area (Å²) in [5, 5.41) is 3.90. The zero-order valence-corrected chi connectivity index (χ0v) is 11.6. The van der Waals surface area contributed by atoms with Crippen molar-refractivity contribution >= 4 is 33.7 Å². The third-order valence-electron chi connectivity index (χ3n) is 2.40. The van der Waals surface area contributed by atoms with Crippen LogP contribution in [0.25, 0.3) is 0 Å². The maximum absolute atomic E-state index is 11.7. The van der Waals surface area contributed by atoms with Crippen LogP contribution in [0.4, 0.5) is 5.69 Å². The molecular weight excluding hydrogens is 306 g/mol. The van der Waals surface area contributed by atoms with Gasteiger partial charge < -0.3 is 5.73 Å². The first kappa shape index (κ1) is 13.3. The standard InChI is InChI=1S/C14H12BrN3O/c15-12-3-1-2-10(8-12)9-17-18-14(19)11-4-6-13(16)7-5-11/h1-9H,16H2,(H,18,19). The largest absolute Gasteiger partial charge is 0.399 e. The molecule has 19 heavy (non-hydrogen) atoms. The third kappa shape index (κ3) is 3.93. The molecule has 0 bridgehead atoms. The predicted molar refractivity (Wildman–Crippen MR) is 80.1 cm³/mol. The Hall–Kier alpha value is -2.14. The molecule has 2 aromatic carbocycles. The third-order valence-corrected chi connectivity index (χ3v) is 2.89. The van der Waals surface area contributed by atoms with E-state index in [1.54, 1.807) is 30.5 Å². The monoisotopic (exact) mass is 317 g/mol. The predicted octanol–water partition coefficient (Wildman–Crippen LogP) is 2.80. The number of rotatable bonds is 3. The molecule has 2 aromatic rings. The lowest BCUT2D eigenvalue weighted by atomic mass is 10.2. The first-order valence-corrected chi connectivity index (χ1v) is 6.39. The number of amides is 1. The van der Waals surface area contributed by atoms with Gasteiger partial charge in [0.1, 0.15) is 0 Å². The highest BCUT2D eigenvalue weighted by atomic mass is 79.9. The molecule has 0 saturated carbocycles. The molecule has 0 heterocycles. The second-order valence-corrected chi connectivity index (χ2v) is 4.79. The van der Waals surface area contributed by atoms with Gasteiger partial charge in [0.05, 0.1) is 6.21 Å². The van der Waals surface area contributed by atoms with Crippen LogP contribution < -0.4 is 11.2 Å². The normalized spacial score (nSPS) is 10.6. The van der Waals surface area contributed by atoms with Crippen LogP contribution in [0, 0.1) is 0 Å². The lowest BCUT2D eigenvalue weighted by molar-refractivity contribution is 0.0955. The van der Waals surface area contributed by atoms with E-state index >= 15 is 0 Å². The number of carbonyl (C=O) groups excluding carboxylic acids is 1. The Morgan fingerprint density at radius 2 is 1.95 bits per heavy atom. The fourth-order valence-electron chi connectivity index (χ4n) is 1.45. The second-order valence-electron chi connectivity index (χ2n) is 3.88. The van der Waals surface area contributed by atoms with Crippen LogP contribution >= 0.6 is 15.9 Å². The number of nitrogens with zero attached hydrogens (tertiary/aromatic N) is 1. The van der Waals surface area contributed by atoms with Gasteiger partial charge in [-0.25, -0.2) is 5.43 Å². The van der Waals surface area contributed by atoms with Gasteiger partial charge in [0.15, 0.2) is 0 Å². The lowest BCUT2D eigenvalue weighted by Gasteiger charge is -2.00. The summed E-state index contributed by atoms with van der Waals surface area (Å²) in [6.07, 6.45) is 1.58. The van der Waals surface area contributed by atoms with Crippen molar-refractivity contribution < 1.29 is 4.79 Å². The van der Waals surface area contributed by atoms with Crippen molar-refractivity contribution in [2.75, 3.05) is 5.73 Å². The highest BCUT2D eigenvalue weighted by Gasteiger charge is 2.02. The lowest BCUT2D eigenvalue weighted by Crippen LogP contribution is -2.17. The van der Waals surface area contributed by atoms with Crippen molar-refractivity contribution in [2.45, 2.75) is 0 Å². The maximum Gasteiger partial charge on any atom is 0.271 e. The highest BCUT2D eigenvalue weighted by molar-refractivity contribution is 9.10. The second kappa shape index (κ2) is 6.15. The van der Waals surface area contributed by atoms with Crippen molar-refractivity contribution in [1.82, 2.24) is 5.43 Å². The van der Waals surface area contributed by atoms with E-state index in [0.29, 0.717) is 11.3 Å². The number of nitrogens with one attached hydrogen (secondary N) is 1. The molecular formula is C14H12BrN3O. The molecule has 1 amide bonds. The van der Waals surface area contributed by atoms with Gasteiger partial charge in [0.2, 0.25) is 0 Å². The van der Waals surface area contributed by atoms with Crippen molar-refractivity contribution in [1.29, 1.82) is 0 Å². The topological polar surface area (TPSA) is 67.5 Å². The Bertz CT molecular complexity index is 608. The smallest absolute Gasteiger partial charge is 0.271 e. The number of benzene rings is 2. The molecule has 0 aliphatic carbocycles. The Morgan fingerprint density at radius 3 is 2.63 bits per heavy atom. The molecule has 0 aliphatic heterocycles. The average Bonchev–Trinajstić information content (AvgIpc) is 2.39. The zero-order valence-electron chi connectivity index (χ0n) is 10.0. The van der Waals surface area contributed by atoms with Gasteiger partial charge >= 0.3 is 0 Å². The molecule has 0 aliphatic rings. The number of nitrogen functional groups attached to an aromatic ring is 1. The summed E-state index contributed by atoms with van der Waals surface area (Å²) in [7, 11) is 0. The number of nitrogens with two attached hydrogens (primary N) is 1. The van der Waals surface area contributed by atoms with Gasteiger partial charge in [0.25, 0.3) is 5.91 Å². The van der Waals surface area contributed by atoms with E-state index in [9.17, 15) is 4.79 Å². The number of anilines is 1. The zero-order chi connectivity index (χ0) is 13.7. The van der Waals surface area contributed by atoms with Gasteiger partial charge in [-0.15, -0.1) is 0 Å². The number of hydrogen-bond acceptors (Lipinski definition) is 3. The first-order chi connectivity index (χ1) is 9.15. The van der Waals surface area contributed by atoms with Gasteiger partial charge in [0, 0.05) is 15.7 Å². The molecule has 0 atom stereocenters. The molecule has 3 N–H and O–H groups in total. The van der Waals surface area contributed by atoms with Gasteiger partial charge in [-0.05, 0) is 42.0 Å². The molecule has 96 valence electrons. The SMILES string of the molecule is Nc1ccc(C(=O)NN=Cc2cccc(Br)c2)cc1. The number of carbonyl (C=O) groups is 1. The number of hydrazone groups is 1. The van der Waals surface area contributed by atoms with Crippen LogP contribution in [0.2, 0.25) is 0 Å². The molecule has 0 radical (unpaired) electrons. The van der Waals surface area contributed by atoms with Gasteiger partial charge in [-0.2, -0.15) is 5.10 Å². The summed E-state index contributed by atoms with van der Waals surface area (Å²) in [6, 6.07) is 14.3.